The van der Waals surface area contributed by atoms with Crippen LogP contribution in [0.4, 0.5) is 23.1 Å². The minimum atomic E-state index is 0.248. The zero-order valence-electron chi connectivity index (χ0n) is 19.5. The molecule has 6 nitrogen and oxygen atoms in total. The van der Waals surface area contributed by atoms with E-state index in [9.17, 15) is 0 Å². The van der Waals surface area contributed by atoms with E-state index in [1.54, 1.807) is 0 Å². The predicted molar refractivity (Wildman–Crippen MR) is 146 cm³/mol. The molecule has 1 saturated heterocycles. The number of nitrogen functional groups attached to an aromatic ring is 1. The predicted octanol–water partition coefficient (Wildman–Crippen LogP) is 5.86. The first-order chi connectivity index (χ1) is 16.5. The van der Waals surface area contributed by atoms with Gasteiger partial charge in [-0.15, -0.1) is 0 Å². The van der Waals surface area contributed by atoms with Gasteiger partial charge in [0.05, 0.1) is 27.4 Å². The van der Waals surface area contributed by atoms with E-state index >= 15 is 0 Å². The van der Waals surface area contributed by atoms with Crippen LogP contribution < -0.4 is 14.6 Å². The quantitative estimate of drug-likeness (QED) is 0.335. The molecular formula is C27H29BrN6. The van der Waals surface area contributed by atoms with E-state index in [4.69, 9.17) is 5.73 Å². The highest BCUT2D eigenvalue weighted by Gasteiger charge is 2.19. The summed E-state index contributed by atoms with van der Waals surface area (Å²) in [6.45, 7) is 8.90. The van der Waals surface area contributed by atoms with Gasteiger partial charge in [0.25, 0.3) is 0 Å². The molecule has 0 atom stereocenters. The normalized spacial score (nSPS) is 14.6. The molecule has 4 aromatic rings. The van der Waals surface area contributed by atoms with Gasteiger partial charge in [0.1, 0.15) is 0 Å². The Kier molecular flexibility index (Phi) is 6.39. The molecule has 1 aliphatic heterocycles. The van der Waals surface area contributed by atoms with Crippen molar-refractivity contribution in [3.63, 3.8) is 0 Å². The first-order valence-electron chi connectivity index (χ1n) is 11.7. The maximum atomic E-state index is 6.02. The van der Waals surface area contributed by atoms with Crippen molar-refractivity contribution in [3.8, 4) is 11.1 Å². The number of benzene rings is 3. The molecule has 0 spiro atoms. The molecule has 0 unspecified atom stereocenters. The number of aromatic nitrogens is 2. The highest BCUT2D eigenvalue weighted by molar-refractivity contribution is 9.10. The van der Waals surface area contributed by atoms with Crippen molar-refractivity contribution in [1.82, 2.24) is 14.9 Å². The minimum Gasteiger partial charge on any atom is -0.369 e. The summed E-state index contributed by atoms with van der Waals surface area (Å²) in [7, 11) is 0. The van der Waals surface area contributed by atoms with Crippen LogP contribution in [0.3, 0.4) is 0 Å². The number of hydrogen-bond acceptors (Lipinski definition) is 6. The number of para-hydroxylation sites is 1. The zero-order valence-corrected chi connectivity index (χ0v) is 21.1. The van der Waals surface area contributed by atoms with Crippen molar-refractivity contribution >= 4 is 50.2 Å². The Morgan fingerprint density at radius 3 is 2.21 bits per heavy atom. The summed E-state index contributed by atoms with van der Waals surface area (Å²) in [6, 6.07) is 25.7. The summed E-state index contributed by atoms with van der Waals surface area (Å²) in [5.41, 5.74) is 11.4. The van der Waals surface area contributed by atoms with E-state index in [-0.39, 0.29) is 5.95 Å². The summed E-state index contributed by atoms with van der Waals surface area (Å²) in [5, 5.41) is 0.932. The molecule has 34 heavy (non-hydrogen) atoms. The second kappa shape index (κ2) is 9.60. The van der Waals surface area contributed by atoms with E-state index in [2.05, 4.69) is 86.2 Å². The molecule has 0 amide bonds. The Morgan fingerprint density at radius 1 is 0.853 bits per heavy atom. The first kappa shape index (κ1) is 22.6. The van der Waals surface area contributed by atoms with Crippen LogP contribution in [0.2, 0.25) is 0 Å². The van der Waals surface area contributed by atoms with Gasteiger partial charge in [-0.1, -0.05) is 36.4 Å². The number of nitrogens with zero attached hydrogens (tertiary/aromatic N) is 5. The third-order valence-electron chi connectivity index (χ3n) is 6.47. The number of hydrogen-bond donors (Lipinski definition) is 1. The zero-order chi connectivity index (χ0) is 23.7. The molecule has 2 heterocycles. The summed E-state index contributed by atoms with van der Waals surface area (Å²) in [6.07, 6.45) is 0. The lowest BCUT2D eigenvalue weighted by Gasteiger charge is -2.38. The molecule has 174 valence electrons. The number of rotatable bonds is 5. The van der Waals surface area contributed by atoms with Gasteiger partial charge in [0, 0.05) is 43.3 Å². The molecule has 0 bridgehead atoms. The van der Waals surface area contributed by atoms with Gasteiger partial charge < -0.3 is 10.6 Å². The van der Waals surface area contributed by atoms with Gasteiger partial charge in [0.2, 0.25) is 5.95 Å². The lowest BCUT2D eigenvalue weighted by molar-refractivity contribution is 0.209. The minimum absolute atomic E-state index is 0.248. The van der Waals surface area contributed by atoms with Crippen LogP contribution in [0, 0.1) is 0 Å². The highest BCUT2D eigenvalue weighted by atomic mass is 79.9. The number of fused-ring (bicyclic) bond motifs is 1. The lowest BCUT2D eigenvalue weighted by Crippen LogP contribution is -2.48. The topological polar surface area (TPSA) is 61.5 Å². The van der Waals surface area contributed by atoms with E-state index in [0.29, 0.717) is 6.04 Å². The molecule has 0 saturated carbocycles. The third-order valence-corrected chi connectivity index (χ3v) is 7.22. The summed E-state index contributed by atoms with van der Waals surface area (Å²) in [4.78, 5) is 14.0. The van der Waals surface area contributed by atoms with Crippen LogP contribution >= 0.6 is 16.1 Å². The van der Waals surface area contributed by atoms with Crippen LogP contribution in [-0.4, -0.2) is 47.1 Å². The Balaban J connectivity index is 1.44. The molecule has 0 aliphatic carbocycles. The third kappa shape index (κ3) is 4.58. The fourth-order valence-electron chi connectivity index (χ4n) is 4.50. The number of nitrogens with two attached hydrogens (primary N) is 1. The molecule has 1 aromatic heterocycles. The highest BCUT2D eigenvalue weighted by Crippen LogP contribution is 2.35. The molecule has 3 aromatic carbocycles. The largest absolute Gasteiger partial charge is 0.369 e. The summed E-state index contributed by atoms with van der Waals surface area (Å²) in [5.74, 6) is 0.966. The maximum Gasteiger partial charge on any atom is 0.222 e. The van der Waals surface area contributed by atoms with Gasteiger partial charge in [-0.2, -0.15) is 4.98 Å². The molecule has 1 fully saturated rings. The van der Waals surface area contributed by atoms with Crippen LogP contribution in [0.15, 0.2) is 72.8 Å². The SMILES string of the molecule is CC(C)N1CCN(c2ccc(-c3ccc4nc(N)nc(N(Br)c5ccccc5)c4c3)cc2)CC1. The van der Waals surface area contributed by atoms with Gasteiger partial charge in [-0.3, -0.25) is 8.83 Å². The van der Waals surface area contributed by atoms with Crippen molar-refractivity contribution in [3.05, 3.63) is 72.8 Å². The van der Waals surface area contributed by atoms with Crippen molar-refractivity contribution in [1.29, 1.82) is 0 Å². The van der Waals surface area contributed by atoms with E-state index < -0.39 is 0 Å². The Hall–Kier alpha value is -3.16. The molecule has 7 heteroatoms. The van der Waals surface area contributed by atoms with Crippen molar-refractivity contribution in [2.24, 2.45) is 0 Å². The smallest absolute Gasteiger partial charge is 0.222 e. The molecule has 1 aliphatic rings. The monoisotopic (exact) mass is 516 g/mol. The van der Waals surface area contributed by atoms with Gasteiger partial charge in [0.15, 0.2) is 5.82 Å². The standard InChI is InChI=1S/C27H29BrN6/c1-19(2)32-14-16-33(17-15-32)22-11-8-20(9-12-22)21-10-13-25-24(18-21)26(31-27(29)30-25)34(28)23-6-4-3-5-7-23/h3-13,18-19H,14-17H2,1-2H3,(H2,29,30,31). The summed E-state index contributed by atoms with van der Waals surface area (Å²) >= 11 is 3.68. The fraction of sp³-hybridized carbons (Fsp3) is 0.259. The lowest BCUT2D eigenvalue weighted by atomic mass is 10.0. The second-order valence-electron chi connectivity index (χ2n) is 8.92. The van der Waals surface area contributed by atoms with Crippen LogP contribution in [0.5, 0.6) is 0 Å². The van der Waals surface area contributed by atoms with Crippen LogP contribution in [0.25, 0.3) is 22.0 Å². The Labute approximate surface area is 209 Å². The van der Waals surface area contributed by atoms with Crippen molar-refractivity contribution < 1.29 is 0 Å². The van der Waals surface area contributed by atoms with Gasteiger partial charge in [-0.05, 0) is 61.4 Å². The van der Waals surface area contributed by atoms with E-state index in [1.165, 1.54) is 5.69 Å². The number of anilines is 4. The van der Waals surface area contributed by atoms with Crippen molar-refractivity contribution in [2.45, 2.75) is 19.9 Å². The number of piperazine rings is 1. The van der Waals surface area contributed by atoms with Gasteiger partial charge in [-0.25, -0.2) is 4.98 Å². The Morgan fingerprint density at radius 2 is 1.53 bits per heavy atom. The molecule has 0 radical (unpaired) electrons. The van der Waals surface area contributed by atoms with E-state index in [0.717, 1.165) is 59.7 Å². The molecular weight excluding hydrogens is 488 g/mol. The summed E-state index contributed by atoms with van der Waals surface area (Å²) < 4.78 is 1.87. The van der Waals surface area contributed by atoms with Crippen molar-refractivity contribution in [2.75, 3.05) is 40.7 Å². The molecule has 2 N–H and O–H groups in total. The van der Waals surface area contributed by atoms with Gasteiger partial charge >= 0.3 is 0 Å². The van der Waals surface area contributed by atoms with E-state index in [1.807, 2.05) is 40.3 Å². The maximum absolute atomic E-state index is 6.02. The fourth-order valence-corrected chi connectivity index (χ4v) is 5.01. The average molecular weight is 517 g/mol. The first-order valence-corrected chi connectivity index (χ1v) is 12.4. The number of halogens is 1. The average Bonchev–Trinajstić information content (AvgIpc) is 2.88. The Bertz CT molecular complexity index is 1270. The molecule has 5 rings (SSSR count). The second-order valence-corrected chi connectivity index (χ2v) is 9.63. The van der Waals surface area contributed by atoms with Crippen LogP contribution in [-0.2, 0) is 0 Å². The van der Waals surface area contributed by atoms with Crippen LogP contribution in [0.1, 0.15) is 13.8 Å².